The summed E-state index contributed by atoms with van der Waals surface area (Å²) in [6.07, 6.45) is 6.94. The molecule has 3 aliphatic heterocycles. The van der Waals surface area contributed by atoms with Crippen molar-refractivity contribution in [3.8, 4) is 0 Å². The zero-order valence-corrected chi connectivity index (χ0v) is 20.7. The summed E-state index contributed by atoms with van der Waals surface area (Å²) < 4.78 is 28.7. The molecule has 5 rings (SSSR count). The summed E-state index contributed by atoms with van der Waals surface area (Å²) in [7, 11) is -3.62. The Morgan fingerprint density at radius 3 is 2.15 bits per heavy atom. The quantitative estimate of drug-likeness (QED) is 0.622. The van der Waals surface area contributed by atoms with Gasteiger partial charge in [0.1, 0.15) is 4.90 Å². The fourth-order valence-corrected chi connectivity index (χ4v) is 7.37. The molecule has 3 fully saturated rings. The molecule has 2 aromatic rings. The highest BCUT2D eigenvalue weighted by molar-refractivity contribution is 7.89. The van der Waals surface area contributed by atoms with Gasteiger partial charge in [-0.05, 0) is 74.6 Å². The smallest absolute Gasteiger partial charge is 0.253 e. The highest BCUT2D eigenvalue weighted by Gasteiger charge is 2.33. The van der Waals surface area contributed by atoms with Crippen molar-refractivity contribution in [1.82, 2.24) is 9.21 Å². The molecule has 3 heterocycles. The average Bonchev–Trinajstić information content (AvgIpc) is 3.60. The Bertz CT molecular complexity index is 1100. The number of hydrogen-bond donors (Lipinski definition) is 0. The summed E-state index contributed by atoms with van der Waals surface area (Å²) in [4.78, 5) is 17.8. The SMILES string of the molecule is O=C(c1ccc(N2CCCC2)c(S(=O)(=O)N2CCCC2)c1)N1CCC(Cc2ccccc2)CC1. The van der Waals surface area contributed by atoms with Crippen LogP contribution in [0.5, 0.6) is 0 Å². The molecule has 34 heavy (non-hydrogen) atoms. The van der Waals surface area contributed by atoms with Crippen LogP contribution in [-0.2, 0) is 16.4 Å². The van der Waals surface area contributed by atoms with Crippen LogP contribution in [-0.4, -0.2) is 62.8 Å². The van der Waals surface area contributed by atoms with Gasteiger partial charge in [0.25, 0.3) is 5.91 Å². The Balaban J connectivity index is 1.34. The van der Waals surface area contributed by atoms with Crippen molar-refractivity contribution in [2.45, 2.75) is 49.8 Å². The maximum Gasteiger partial charge on any atom is 0.253 e. The third kappa shape index (κ3) is 4.86. The van der Waals surface area contributed by atoms with E-state index in [4.69, 9.17) is 0 Å². The maximum atomic E-state index is 13.6. The molecule has 0 N–H and O–H groups in total. The fourth-order valence-electron chi connectivity index (χ4n) is 5.61. The standard InChI is InChI=1S/C27H35N3O3S/c31-27(29-18-12-23(13-19-29)20-22-8-2-1-3-9-22)24-10-11-25(28-14-4-5-15-28)26(21-24)34(32,33)30-16-6-7-17-30/h1-3,8-11,21,23H,4-7,12-20H2. The minimum Gasteiger partial charge on any atom is -0.370 e. The van der Waals surface area contributed by atoms with Gasteiger partial charge in [-0.1, -0.05) is 30.3 Å². The van der Waals surface area contributed by atoms with E-state index in [9.17, 15) is 13.2 Å². The van der Waals surface area contributed by atoms with E-state index in [-0.39, 0.29) is 5.91 Å². The predicted octanol–water partition coefficient (Wildman–Crippen LogP) is 4.17. The Kier molecular flexibility index (Phi) is 6.93. The largest absolute Gasteiger partial charge is 0.370 e. The lowest BCUT2D eigenvalue weighted by atomic mass is 9.90. The average molecular weight is 482 g/mol. The Labute approximate surface area is 203 Å². The number of piperidine rings is 1. The number of carbonyl (C=O) groups excluding carboxylic acids is 1. The third-order valence-electron chi connectivity index (χ3n) is 7.61. The number of amides is 1. The van der Waals surface area contributed by atoms with Gasteiger partial charge in [-0.25, -0.2) is 8.42 Å². The first-order valence-electron chi connectivity index (χ1n) is 12.7. The molecule has 2 aromatic carbocycles. The van der Waals surface area contributed by atoms with Crippen LogP contribution in [0.15, 0.2) is 53.4 Å². The van der Waals surface area contributed by atoms with Crippen molar-refractivity contribution >= 4 is 21.6 Å². The normalized spacial score (nSPS) is 20.2. The molecule has 0 atom stereocenters. The van der Waals surface area contributed by atoms with Crippen LogP contribution in [0.2, 0.25) is 0 Å². The molecule has 0 unspecified atom stereocenters. The molecular formula is C27H35N3O3S. The van der Waals surface area contributed by atoms with Crippen LogP contribution in [0, 0.1) is 5.92 Å². The van der Waals surface area contributed by atoms with Crippen LogP contribution < -0.4 is 4.90 Å². The minimum atomic E-state index is -3.62. The van der Waals surface area contributed by atoms with Crippen molar-refractivity contribution in [2.24, 2.45) is 5.92 Å². The van der Waals surface area contributed by atoms with Crippen molar-refractivity contribution in [3.05, 3.63) is 59.7 Å². The van der Waals surface area contributed by atoms with E-state index in [0.717, 1.165) is 76.8 Å². The number of sulfonamides is 1. The number of benzene rings is 2. The molecule has 0 bridgehead atoms. The molecule has 182 valence electrons. The second kappa shape index (κ2) is 10.1. The summed E-state index contributed by atoms with van der Waals surface area (Å²) >= 11 is 0. The van der Waals surface area contributed by atoms with Gasteiger partial charge in [0.05, 0.1) is 5.69 Å². The molecule has 0 spiro atoms. The Morgan fingerprint density at radius 1 is 0.824 bits per heavy atom. The van der Waals surface area contributed by atoms with Crippen LogP contribution in [0.3, 0.4) is 0 Å². The number of likely N-dealkylation sites (tertiary alicyclic amines) is 1. The molecular weight excluding hydrogens is 446 g/mol. The first-order chi connectivity index (χ1) is 16.5. The van der Waals surface area contributed by atoms with Gasteiger partial charge in [0.2, 0.25) is 10.0 Å². The lowest BCUT2D eigenvalue weighted by Crippen LogP contribution is -2.39. The lowest BCUT2D eigenvalue weighted by molar-refractivity contribution is 0.0690. The third-order valence-corrected chi connectivity index (χ3v) is 9.53. The summed E-state index contributed by atoms with van der Waals surface area (Å²) in [5.74, 6) is 0.527. The van der Waals surface area contributed by atoms with E-state index in [0.29, 0.717) is 29.5 Å². The second-order valence-electron chi connectivity index (χ2n) is 9.91. The van der Waals surface area contributed by atoms with Gasteiger partial charge in [-0.2, -0.15) is 4.31 Å². The van der Waals surface area contributed by atoms with Gasteiger partial charge < -0.3 is 9.80 Å². The second-order valence-corrected chi connectivity index (χ2v) is 11.8. The van der Waals surface area contributed by atoms with E-state index in [2.05, 4.69) is 29.2 Å². The number of hydrogen-bond acceptors (Lipinski definition) is 4. The van der Waals surface area contributed by atoms with Crippen molar-refractivity contribution in [2.75, 3.05) is 44.2 Å². The molecule has 1 amide bonds. The molecule has 0 aliphatic carbocycles. The van der Waals surface area contributed by atoms with Gasteiger partial charge >= 0.3 is 0 Å². The molecule has 6 nitrogen and oxygen atoms in total. The monoisotopic (exact) mass is 481 g/mol. The first kappa shape index (κ1) is 23.4. The topological polar surface area (TPSA) is 60.9 Å². The van der Waals surface area contributed by atoms with E-state index in [1.807, 2.05) is 23.1 Å². The van der Waals surface area contributed by atoms with E-state index in [1.54, 1.807) is 10.4 Å². The lowest BCUT2D eigenvalue weighted by Gasteiger charge is -2.32. The zero-order chi connectivity index (χ0) is 23.5. The van der Waals surface area contributed by atoms with Crippen LogP contribution in [0.1, 0.15) is 54.4 Å². The van der Waals surface area contributed by atoms with Crippen molar-refractivity contribution < 1.29 is 13.2 Å². The number of nitrogens with zero attached hydrogens (tertiary/aromatic N) is 3. The van der Waals surface area contributed by atoms with Gasteiger partial charge in [-0.15, -0.1) is 0 Å². The number of carbonyl (C=O) groups is 1. The molecule has 3 saturated heterocycles. The van der Waals surface area contributed by atoms with Crippen LogP contribution in [0.25, 0.3) is 0 Å². The number of anilines is 1. The van der Waals surface area contributed by atoms with Crippen LogP contribution >= 0.6 is 0 Å². The van der Waals surface area contributed by atoms with E-state index in [1.165, 1.54) is 5.56 Å². The van der Waals surface area contributed by atoms with Gasteiger partial charge in [-0.3, -0.25) is 4.79 Å². The molecule has 7 heteroatoms. The van der Waals surface area contributed by atoms with Crippen molar-refractivity contribution in [1.29, 1.82) is 0 Å². The number of rotatable bonds is 6. The Hall–Kier alpha value is -2.38. The first-order valence-corrected chi connectivity index (χ1v) is 14.2. The highest BCUT2D eigenvalue weighted by atomic mass is 32.2. The summed E-state index contributed by atoms with van der Waals surface area (Å²) in [6.45, 7) is 4.30. The Morgan fingerprint density at radius 2 is 1.47 bits per heavy atom. The van der Waals surface area contributed by atoms with Gasteiger partial charge in [0.15, 0.2) is 0 Å². The molecule has 0 aromatic heterocycles. The van der Waals surface area contributed by atoms with E-state index < -0.39 is 10.0 Å². The molecule has 3 aliphatic rings. The van der Waals surface area contributed by atoms with E-state index >= 15 is 0 Å². The minimum absolute atomic E-state index is 0.0518. The summed E-state index contributed by atoms with van der Waals surface area (Å²) in [5.41, 5.74) is 2.59. The van der Waals surface area contributed by atoms with Crippen LogP contribution in [0.4, 0.5) is 5.69 Å². The van der Waals surface area contributed by atoms with Gasteiger partial charge in [0, 0.05) is 44.8 Å². The molecule has 0 saturated carbocycles. The highest BCUT2D eigenvalue weighted by Crippen LogP contribution is 2.33. The summed E-state index contributed by atoms with van der Waals surface area (Å²) in [5, 5.41) is 0. The molecule has 0 radical (unpaired) electrons. The fraction of sp³-hybridized carbons (Fsp3) is 0.519. The predicted molar refractivity (Wildman–Crippen MR) is 135 cm³/mol. The maximum absolute atomic E-state index is 13.6. The zero-order valence-electron chi connectivity index (χ0n) is 19.9. The summed E-state index contributed by atoms with van der Waals surface area (Å²) in [6, 6.07) is 15.9. The van der Waals surface area contributed by atoms with Crippen molar-refractivity contribution in [3.63, 3.8) is 0 Å².